The number of nitrogens with zero attached hydrogens (tertiary/aromatic N) is 6. The second-order valence-corrected chi connectivity index (χ2v) is 8.78. The SMILES string of the molecule is CC(C1CC1)n1nccc1NC(=O)CN1CCN(c2ncnc3sccc23)CC1. The predicted octanol–water partition coefficient (Wildman–Crippen LogP) is 2.62. The Balaban J connectivity index is 1.17. The van der Waals surface area contributed by atoms with Crippen LogP contribution in [0.15, 0.2) is 30.0 Å². The molecule has 1 atom stereocenters. The zero-order chi connectivity index (χ0) is 19.8. The van der Waals surface area contributed by atoms with Crippen LogP contribution in [0, 0.1) is 5.92 Å². The zero-order valence-electron chi connectivity index (χ0n) is 16.5. The van der Waals surface area contributed by atoms with E-state index in [0.717, 1.165) is 48.0 Å². The number of anilines is 2. The van der Waals surface area contributed by atoms with Gasteiger partial charge in [0.05, 0.1) is 24.2 Å². The Bertz CT molecular complexity index is 1000. The molecule has 1 unspecified atom stereocenters. The van der Waals surface area contributed by atoms with Crippen molar-refractivity contribution in [3.63, 3.8) is 0 Å². The third-order valence-corrected chi connectivity index (χ3v) is 6.73. The van der Waals surface area contributed by atoms with Gasteiger partial charge in [0.15, 0.2) is 0 Å². The van der Waals surface area contributed by atoms with Crippen LogP contribution >= 0.6 is 11.3 Å². The van der Waals surface area contributed by atoms with Gasteiger partial charge >= 0.3 is 0 Å². The molecule has 2 aliphatic rings. The highest BCUT2D eigenvalue weighted by Gasteiger charge is 2.31. The summed E-state index contributed by atoms with van der Waals surface area (Å²) in [4.78, 5) is 26.9. The molecule has 8 nitrogen and oxygen atoms in total. The van der Waals surface area contributed by atoms with Gasteiger partial charge in [0, 0.05) is 32.2 Å². The maximum Gasteiger partial charge on any atom is 0.239 e. The van der Waals surface area contributed by atoms with E-state index < -0.39 is 0 Å². The third-order valence-electron chi connectivity index (χ3n) is 5.91. The molecule has 1 aliphatic heterocycles. The average molecular weight is 412 g/mol. The second-order valence-electron chi connectivity index (χ2n) is 7.89. The van der Waals surface area contributed by atoms with Crippen molar-refractivity contribution in [2.24, 2.45) is 5.92 Å². The van der Waals surface area contributed by atoms with E-state index in [1.165, 1.54) is 12.8 Å². The maximum atomic E-state index is 12.6. The fraction of sp³-hybridized carbons (Fsp3) is 0.500. The van der Waals surface area contributed by atoms with Crippen molar-refractivity contribution < 1.29 is 4.79 Å². The minimum absolute atomic E-state index is 0.0189. The molecule has 1 saturated carbocycles. The Labute approximate surface area is 173 Å². The van der Waals surface area contributed by atoms with E-state index in [9.17, 15) is 4.79 Å². The van der Waals surface area contributed by atoms with E-state index in [0.29, 0.717) is 18.5 Å². The molecule has 1 aliphatic carbocycles. The van der Waals surface area contributed by atoms with Gasteiger partial charge in [0.2, 0.25) is 5.91 Å². The van der Waals surface area contributed by atoms with Gasteiger partial charge in [-0.15, -0.1) is 11.3 Å². The monoisotopic (exact) mass is 411 g/mol. The van der Waals surface area contributed by atoms with Gasteiger partial charge < -0.3 is 10.2 Å². The molecule has 3 aromatic heterocycles. The normalized spacial score (nSPS) is 18.9. The number of piperazine rings is 1. The van der Waals surface area contributed by atoms with Crippen LogP contribution in [0.25, 0.3) is 10.2 Å². The van der Waals surface area contributed by atoms with E-state index in [4.69, 9.17) is 0 Å². The average Bonchev–Trinajstić information content (AvgIpc) is 3.29. The highest BCUT2D eigenvalue weighted by molar-refractivity contribution is 7.16. The summed E-state index contributed by atoms with van der Waals surface area (Å²) in [5.41, 5.74) is 0. The second kappa shape index (κ2) is 7.72. The molecular formula is C20H25N7OS. The van der Waals surface area contributed by atoms with Crippen LogP contribution < -0.4 is 10.2 Å². The summed E-state index contributed by atoms with van der Waals surface area (Å²) in [5.74, 6) is 2.51. The van der Waals surface area contributed by atoms with Crippen LogP contribution in [0.2, 0.25) is 0 Å². The Kier molecular flexibility index (Phi) is 4.92. The van der Waals surface area contributed by atoms with Crippen molar-refractivity contribution in [3.8, 4) is 0 Å². The Hall–Kier alpha value is -2.52. The number of thiophene rings is 1. The molecule has 0 spiro atoms. The van der Waals surface area contributed by atoms with Crippen LogP contribution in [0.3, 0.4) is 0 Å². The lowest BCUT2D eigenvalue weighted by Crippen LogP contribution is -2.49. The number of rotatable bonds is 6. The molecule has 2 fully saturated rings. The quantitative estimate of drug-likeness (QED) is 0.672. The molecule has 5 rings (SSSR count). The van der Waals surface area contributed by atoms with Crippen molar-refractivity contribution in [1.82, 2.24) is 24.6 Å². The fourth-order valence-corrected chi connectivity index (χ4v) is 4.78. The molecule has 29 heavy (non-hydrogen) atoms. The Morgan fingerprint density at radius 2 is 2.07 bits per heavy atom. The highest BCUT2D eigenvalue weighted by atomic mass is 32.1. The number of fused-ring (bicyclic) bond motifs is 1. The number of hydrogen-bond acceptors (Lipinski definition) is 7. The first-order valence-corrected chi connectivity index (χ1v) is 11.1. The van der Waals surface area contributed by atoms with E-state index in [1.807, 2.05) is 10.7 Å². The van der Waals surface area contributed by atoms with Crippen LogP contribution in [0.1, 0.15) is 25.8 Å². The van der Waals surface area contributed by atoms with Gasteiger partial charge in [-0.3, -0.25) is 9.69 Å². The summed E-state index contributed by atoms with van der Waals surface area (Å²) in [7, 11) is 0. The molecule has 9 heteroatoms. The lowest BCUT2D eigenvalue weighted by atomic mass is 10.2. The number of amides is 1. The first-order valence-electron chi connectivity index (χ1n) is 10.2. The molecular weight excluding hydrogens is 386 g/mol. The van der Waals surface area contributed by atoms with Crippen LogP contribution in [0.4, 0.5) is 11.6 Å². The number of nitrogens with one attached hydrogen (secondary N) is 1. The van der Waals surface area contributed by atoms with Crippen molar-refractivity contribution in [2.45, 2.75) is 25.8 Å². The van der Waals surface area contributed by atoms with Crippen LogP contribution in [-0.4, -0.2) is 63.3 Å². The largest absolute Gasteiger partial charge is 0.353 e. The van der Waals surface area contributed by atoms with Gasteiger partial charge in [0.1, 0.15) is 22.8 Å². The van der Waals surface area contributed by atoms with Gasteiger partial charge in [-0.05, 0) is 37.1 Å². The minimum atomic E-state index is 0.0189. The van der Waals surface area contributed by atoms with E-state index in [1.54, 1.807) is 23.9 Å². The topological polar surface area (TPSA) is 79.2 Å². The van der Waals surface area contributed by atoms with Gasteiger partial charge in [-0.25, -0.2) is 14.6 Å². The molecule has 152 valence electrons. The zero-order valence-corrected chi connectivity index (χ0v) is 17.3. The molecule has 0 radical (unpaired) electrons. The smallest absolute Gasteiger partial charge is 0.239 e. The third kappa shape index (κ3) is 3.84. The van der Waals surface area contributed by atoms with Crippen molar-refractivity contribution in [1.29, 1.82) is 0 Å². The summed E-state index contributed by atoms with van der Waals surface area (Å²) >= 11 is 1.64. The minimum Gasteiger partial charge on any atom is -0.353 e. The summed E-state index contributed by atoms with van der Waals surface area (Å²) in [6, 6.07) is 4.31. The molecule has 1 saturated heterocycles. The number of hydrogen-bond donors (Lipinski definition) is 1. The molecule has 1 amide bonds. The Morgan fingerprint density at radius 3 is 2.86 bits per heavy atom. The van der Waals surface area contributed by atoms with Crippen LogP contribution in [-0.2, 0) is 4.79 Å². The molecule has 3 aromatic rings. The number of carbonyl (C=O) groups is 1. The van der Waals surface area contributed by atoms with E-state index in [-0.39, 0.29) is 5.91 Å². The molecule has 4 heterocycles. The van der Waals surface area contributed by atoms with Crippen LogP contribution in [0.5, 0.6) is 0 Å². The molecule has 0 aromatic carbocycles. The first kappa shape index (κ1) is 18.5. The summed E-state index contributed by atoms with van der Waals surface area (Å²) in [5, 5.41) is 10.6. The molecule has 0 bridgehead atoms. The molecule has 1 N–H and O–H groups in total. The fourth-order valence-electron chi connectivity index (χ4n) is 4.05. The maximum absolute atomic E-state index is 12.6. The lowest BCUT2D eigenvalue weighted by Gasteiger charge is -2.35. The predicted molar refractivity (Wildman–Crippen MR) is 114 cm³/mol. The summed E-state index contributed by atoms with van der Waals surface area (Å²) < 4.78 is 1.95. The van der Waals surface area contributed by atoms with Gasteiger partial charge in [-0.1, -0.05) is 0 Å². The van der Waals surface area contributed by atoms with Gasteiger partial charge in [-0.2, -0.15) is 5.10 Å². The number of carbonyl (C=O) groups excluding carboxylic acids is 1. The van der Waals surface area contributed by atoms with Crippen molar-refractivity contribution in [2.75, 3.05) is 42.9 Å². The van der Waals surface area contributed by atoms with Gasteiger partial charge in [0.25, 0.3) is 0 Å². The Morgan fingerprint density at radius 1 is 1.24 bits per heavy atom. The lowest BCUT2D eigenvalue weighted by molar-refractivity contribution is -0.117. The number of aromatic nitrogens is 4. The van der Waals surface area contributed by atoms with Crippen molar-refractivity contribution >= 4 is 39.1 Å². The summed E-state index contributed by atoms with van der Waals surface area (Å²) in [6.07, 6.45) is 5.91. The first-order chi connectivity index (χ1) is 14.2. The standard InChI is InChI=1S/C20H25N7OS/c1-14(15-2-3-15)27-17(4-6-23-27)24-18(28)12-25-7-9-26(10-8-25)19-16-5-11-29-20(16)22-13-21-19/h4-6,11,13-15H,2-3,7-10,12H2,1H3,(H,24,28). The highest BCUT2D eigenvalue weighted by Crippen LogP contribution is 2.40. The van der Waals surface area contributed by atoms with E-state index in [2.05, 4.69) is 48.6 Å². The van der Waals surface area contributed by atoms with Crippen molar-refractivity contribution in [3.05, 3.63) is 30.0 Å². The summed E-state index contributed by atoms with van der Waals surface area (Å²) in [6.45, 7) is 5.95. The van der Waals surface area contributed by atoms with E-state index >= 15 is 0 Å².